The van der Waals surface area contributed by atoms with Crippen molar-refractivity contribution in [2.24, 2.45) is 0 Å². The third-order valence-electron chi connectivity index (χ3n) is 0.587. The number of hydrogen-bond donors (Lipinski definition) is 1. The Balaban J connectivity index is 0. The normalized spacial score (nSPS) is 17.0. The van der Waals surface area contributed by atoms with E-state index < -0.39 is 7.37 Å². The van der Waals surface area contributed by atoms with E-state index in [1.165, 1.54) is 6.66 Å². The standard InChI is InChI=1S/C3H9O2P.Mg/c1-3-6(2,4)5;/h3H2,1-2H3,(H,4,5);. The van der Waals surface area contributed by atoms with Gasteiger partial charge in [0.15, 0.2) is 7.37 Å². The Morgan fingerprint density at radius 3 is 1.86 bits per heavy atom. The van der Waals surface area contributed by atoms with Crippen molar-refractivity contribution in [2.45, 2.75) is 6.92 Å². The van der Waals surface area contributed by atoms with Crippen LogP contribution in [-0.2, 0) is 4.57 Å². The lowest BCUT2D eigenvalue weighted by molar-refractivity contribution is 0.486. The zero-order valence-electron chi connectivity index (χ0n) is 4.72. The van der Waals surface area contributed by atoms with Gasteiger partial charge in [-0.3, -0.25) is 4.57 Å². The summed E-state index contributed by atoms with van der Waals surface area (Å²) in [6.45, 7) is 3.05. The van der Waals surface area contributed by atoms with Gasteiger partial charge in [-0.2, -0.15) is 0 Å². The first-order chi connectivity index (χ1) is 2.56. The van der Waals surface area contributed by atoms with E-state index in [0.717, 1.165) is 0 Å². The summed E-state index contributed by atoms with van der Waals surface area (Å²) >= 11 is 0. The molecule has 0 aromatic carbocycles. The second-order valence-corrected chi connectivity index (χ2v) is 4.10. The number of rotatable bonds is 1. The molecule has 0 aromatic rings. The van der Waals surface area contributed by atoms with Gasteiger partial charge in [0.25, 0.3) is 0 Å². The molecule has 0 aromatic heterocycles. The van der Waals surface area contributed by atoms with Crippen LogP contribution in [-0.4, -0.2) is 40.8 Å². The summed E-state index contributed by atoms with van der Waals surface area (Å²) in [4.78, 5) is 8.38. The quantitative estimate of drug-likeness (QED) is 0.417. The molecule has 0 heterocycles. The van der Waals surface area contributed by atoms with Gasteiger partial charge in [0.1, 0.15) is 0 Å². The van der Waals surface area contributed by atoms with Crippen molar-refractivity contribution in [3.63, 3.8) is 0 Å². The summed E-state index contributed by atoms with van der Waals surface area (Å²) in [5, 5.41) is 0. The highest BCUT2D eigenvalue weighted by Crippen LogP contribution is 2.33. The molecule has 0 bridgehead atoms. The van der Waals surface area contributed by atoms with Gasteiger partial charge < -0.3 is 4.89 Å². The topological polar surface area (TPSA) is 37.3 Å². The van der Waals surface area contributed by atoms with Crippen LogP contribution in [0.25, 0.3) is 0 Å². The molecule has 0 amide bonds. The average molecular weight is 132 g/mol. The molecule has 0 saturated carbocycles. The van der Waals surface area contributed by atoms with Crippen LogP contribution in [0.3, 0.4) is 0 Å². The second kappa shape index (κ2) is 3.90. The lowest BCUT2D eigenvalue weighted by atomic mass is 11.0. The zero-order valence-corrected chi connectivity index (χ0v) is 7.03. The van der Waals surface area contributed by atoms with Crippen molar-refractivity contribution in [3.05, 3.63) is 0 Å². The van der Waals surface area contributed by atoms with Crippen LogP contribution in [0.2, 0.25) is 0 Å². The minimum absolute atomic E-state index is 0. The van der Waals surface area contributed by atoms with E-state index >= 15 is 0 Å². The van der Waals surface area contributed by atoms with Crippen molar-refractivity contribution in [1.29, 1.82) is 0 Å². The summed E-state index contributed by atoms with van der Waals surface area (Å²) in [6.07, 6.45) is 0.382. The smallest absolute Gasteiger partial charge is 0.197 e. The van der Waals surface area contributed by atoms with Crippen molar-refractivity contribution in [1.82, 2.24) is 0 Å². The minimum atomic E-state index is -2.65. The van der Waals surface area contributed by atoms with Crippen LogP contribution in [0, 0.1) is 0 Å². The molecule has 2 nitrogen and oxygen atoms in total. The molecule has 1 unspecified atom stereocenters. The first-order valence-electron chi connectivity index (χ1n) is 1.85. The predicted molar refractivity (Wildman–Crippen MR) is 32.0 cm³/mol. The molecule has 2 radical (unpaired) electrons. The molecular formula is C3H9MgO2P. The van der Waals surface area contributed by atoms with Gasteiger partial charge >= 0.3 is 0 Å². The molecule has 0 aliphatic carbocycles. The SMILES string of the molecule is CCP(C)(=O)O.[Mg]. The lowest BCUT2D eigenvalue weighted by Gasteiger charge is -1.94. The van der Waals surface area contributed by atoms with Gasteiger partial charge in [0.05, 0.1) is 0 Å². The average Bonchev–Trinajstić information content (AvgIpc) is 1.35. The number of hydrogen-bond acceptors (Lipinski definition) is 1. The Kier molecular flexibility index (Phi) is 6.04. The van der Waals surface area contributed by atoms with E-state index in [-0.39, 0.29) is 23.1 Å². The fourth-order valence-electron chi connectivity index (χ4n) is 0. The van der Waals surface area contributed by atoms with Crippen LogP contribution in [0.5, 0.6) is 0 Å². The Hall–Kier alpha value is 0.956. The third-order valence-corrected chi connectivity index (χ3v) is 1.76. The Morgan fingerprint density at radius 1 is 1.71 bits per heavy atom. The molecule has 0 spiro atoms. The van der Waals surface area contributed by atoms with E-state index in [2.05, 4.69) is 0 Å². The molecule has 0 aliphatic heterocycles. The summed E-state index contributed by atoms with van der Waals surface area (Å²) in [5.41, 5.74) is 0. The van der Waals surface area contributed by atoms with E-state index in [1.54, 1.807) is 6.92 Å². The van der Waals surface area contributed by atoms with Gasteiger partial charge in [-0.05, 0) is 0 Å². The maximum absolute atomic E-state index is 10.1. The Morgan fingerprint density at radius 2 is 1.86 bits per heavy atom. The molecule has 4 heteroatoms. The zero-order chi connectivity index (χ0) is 5.21. The molecule has 1 atom stereocenters. The maximum atomic E-state index is 10.1. The molecule has 1 N–H and O–H groups in total. The Bertz CT molecular complexity index is 77.0. The highest BCUT2D eigenvalue weighted by Gasteiger charge is 2.01. The van der Waals surface area contributed by atoms with Gasteiger partial charge in [-0.1, -0.05) is 6.92 Å². The maximum Gasteiger partial charge on any atom is 0.197 e. The van der Waals surface area contributed by atoms with Crippen LogP contribution >= 0.6 is 7.37 Å². The van der Waals surface area contributed by atoms with Gasteiger partial charge in [-0.15, -0.1) is 0 Å². The molecule has 0 rings (SSSR count). The van der Waals surface area contributed by atoms with Crippen LogP contribution in [0.4, 0.5) is 0 Å². The highest BCUT2D eigenvalue weighted by molar-refractivity contribution is 7.57. The minimum Gasteiger partial charge on any atom is -0.344 e. The van der Waals surface area contributed by atoms with Crippen molar-refractivity contribution in [2.75, 3.05) is 12.8 Å². The van der Waals surface area contributed by atoms with E-state index in [9.17, 15) is 4.57 Å². The van der Waals surface area contributed by atoms with E-state index in [4.69, 9.17) is 4.89 Å². The summed E-state index contributed by atoms with van der Waals surface area (Å²) in [7, 11) is -2.65. The second-order valence-electron chi connectivity index (χ2n) is 1.37. The van der Waals surface area contributed by atoms with Gasteiger partial charge in [-0.25, -0.2) is 0 Å². The first kappa shape index (κ1) is 10.9. The van der Waals surface area contributed by atoms with Gasteiger partial charge in [0.2, 0.25) is 0 Å². The molecule has 0 saturated heterocycles. The van der Waals surface area contributed by atoms with Crippen molar-refractivity contribution >= 4 is 30.4 Å². The highest BCUT2D eigenvalue weighted by atomic mass is 31.2. The van der Waals surface area contributed by atoms with E-state index in [0.29, 0.717) is 6.16 Å². The molecular weight excluding hydrogens is 123 g/mol. The van der Waals surface area contributed by atoms with E-state index in [1.807, 2.05) is 0 Å². The van der Waals surface area contributed by atoms with Crippen LogP contribution in [0.1, 0.15) is 6.92 Å². The predicted octanol–water partition coefficient (Wildman–Crippen LogP) is 0.526. The molecule has 0 aliphatic rings. The molecule has 0 fully saturated rings. The van der Waals surface area contributed by atoms with Crippen LogP contribution < -0.4 is 0 Å². The van der Waals surface area contributed by atoms with Gasteiger partial charge in [0, 0.05) is 35.9 Å². The third kappa shape index (κ3) is 10.9. The van der Waals surface area contributed by atoms with Crippen molar-refractivity contribution in [3.8, 4) is 0 Å². The summed E-state index contributed by atoms with van der Waals surface area (Å²) < 4.78 is 10.1. The molecule has 40 valence electrons. The summed E-state index contributed by atoms with van der Waals surface area (Å²) in [5.74, 6) is 0. The fourth-order valence-corrected chi connectivity index (χ4v) is 0. The lowest BCUT2D eigenvalue weighted by Crippen LogP contribution is -1.75. The van der Waals surface area contributed by atoms with Crippen molar-refractivity contribution < 1.29 is 9.46 Å². The monoisotopic (exact) mass is 132 g/mol. The Labute approximate surface area is 59.9 Å². The van der Waals surface area contributed by atoms with Crippen LogP contribution in [0.15, 0.2) is 0 Å². The summed E-state index contributed by atoms with van der Waals surface area (Å²) in [6, 6.07) is 0. The fraction of sp³-hybridized carbons (Fsp3) is 1.00. The largest absolute Gasteiger partial charge is 0.344 e. The first-order valence-corrected chi connectivity index (χ1v) is 4.15. The molecule has 7 heavy (non-hydrogen) atoms.